The average Bonchev–Trinajstić information content (AvgIpc) is 3.26. The smallest absolute Gasteiger partial charge is 0.331 e. The van der Waals surface area contributed by atoms with E-state index in [1.165, 1.54) is 29.2 Å². The molecule has 0 saturated heterocycles. The van der Waals surface area contributed by atoms with Gasteiger partial charge in [0, 0.05) is 17.5 Å². The standard InChI is InChI=1S/C18H19N3O5S2/c1-12(19-17-14-7-3-4-8-15(14)28(24,25)20-17)18(23)26-11-16(22)21(2)10-13-6-5-9-27-13/h3-9,12H,10-11H2,1-2H3,(H,19,20). The summed E-state index contributed by atoms with van der Waals surface area (Å²) in [5.74, 6) is -0.969. The van der Waals surface area contributed by atoms with Crippen LogP contribution in [0.3, 0.4) is 0 Å². The van der Waals surface area contributed by atoms with Gasteiger partial charge in [0.1, 0.15) is 11.9 Å². The molecule has 2 aromatic rings. The first kappa shape index (κ1) is 20.0. The van der Waals surface area contributed by atoms with Crippen molar-refractivity contribution in [3.63, 3.8) is 0 Å². The van der Waals surface area contributed by atoms with Crippen molar-refractivity contribution in [2.45, 2.75) is 24.4 Å². The molecule has 10 heteroatoms. The predicted molar refractivity (Wildman–Crippen MR) is 105 cm³/mol. The molecular weight excluding hydrogens is 402 g/mol. The zero-order valence-corrected chi connectivity index (χ0v) is 16.9. The summed E-state index contributed by atoms with van der Waals surface area (Å²) in [6.07, 6.45) is 0. The zero-order chi connectivity index (χ0) is 20.3. The number of aliphatic imine (C=N–C) groups is 1. The van der Waals surface area contributed by atoms with Crippen LogP contribution < -0.4 is 4.72 Å². The quantitative estimate of drug-likeness (QED) is 0.710. The number of nitrogens with zero attached hydrogens (tertiary/aromatic N) is 2. The summed E-state index contributed by atoms with van der Waals surface area (Å²) < 4.78 is 31.5. The third kappa shape index (κ3) is 4.39. The van der Waals surface area contributed by atoms with Crippen LogP contribution in [0.2, 0.25) is 0 Å². The maximum Gasteiger partial charge on any atom is 0.331 e. The summed E-state index contributed by atoms with van der Waals surface area (Å²) in [5, 5.41) is 1.92. The largest absolute Gasteiger partial charge is 0.454 e. The second kappa shape index (κ2) is 8.11. The van der Waals surface area contributed by atoms with Crippen LogP contribution >= 0.6 is 11.3 Å². The van der Waals surface area contributed by atoms with Crippen molar-refractivity contribution in [2.75, 3.05) is 13.7 Å². The highest BCUT2D eigenvalue weighted by Crippen LogP contribution is 2.22. The van der Waals surface area contributed by atoms with Crippen molar-refractivity contribution < 1.29 is 22.7 Å². The SMILES string of the molecule is CC(N=C1NS(=O)(=O)c2ccccc21)C(=O)OCC(=O)N(C)Cc1cccs1. The molecule has 0 aliphatic carbocycles. The highest BCUT2D eigenvalue weighted by molar-refractivity contribution is 7.90. The summed E-state index contributed by atoms with van der Waals surface area (Å²) in [7, 11) is -2.05. The second-order valence-electron chi connectivity index (χ2n) is 6.19. The Balaban J connectivity index is 1.59. The van der Waals surface area contributed by atoms with Crippen LogP contribution in [-0.4, -0.2) is 50.7 Å². The monoisotopic (exact) mass is 421 g/mol. The zero-order valence-electron chi connectivity index (χ0n) is 15.3. The number of thiophene rings is 1. The fourth-order valence-electron chi connectivity index (χ4n) is 2.56. The summed E-state index contributed by atoms with van der Waals surface area (Å²) in [4.78, 5) is 31.0. The summed E-state index contributed by atoms with van der Waals surface area (Å²) in [6, 6.07) is 9.20. The van der Waals surface area contributed by atoms with Crippen LogP contribution in [0.15, 0.2) is 51.7 Å². The van der Waals surface area contributed by atoms with Gasteiger partial charge in [-0.25, -0.2) is 13.2 Å². The highest BCUT2D eigenvalue weighted by Gasteiger charge is 2.31. The van der Waals surface area contributed by atoms with Gasteiger partial charge in [-0.1, -0.05) is 18.2 Å². The third-order valence-corrected chi connectivity index (χ3v) is 6.32. The molecule has 1 aromatic heterocycles. The number of fused-ring (bicyclic) bond motifs is 1. The number of amidine groups is 1. The van der Waals surface area contributed by atoms with Crippen LogP contribution in [0, 0.1) is 0 Å². The van der Waals surface area contributed by atoms with Crippen LogP contribution in [0.5, 0.6) is 0 Å². The molecule has 0 saturated carbocycles. The molecule has 1 aliphatic rings. The molecule has 1 amide bonds. The number of hydrogen-bond donors (Lipinski definition) is 1. The lowest BCUT2D eigenvalue weighted by Gasteiger charge is -2.16. The van der Waals surface area contributed by atoms with E-state index in [2.05, 4.69) is 9.71 Å². The number of carbonyl (C=O) groups is 2. The van der Waals surface area contributed by atoms with E-state index in [9.17, 15) is 18.0 Å². The molecule has 2 heterocycles. The molecule has 0 radical (unpaired) electrons. The third-order valence-electron chi connectivity index (χ3n) is 4.06. The first-order valence-corrected chi connectivity index (χ1v) is 10.8. The van der Waals surface area contributed by atoms with E-state index in [0.717, 1.165) is 4.88 Å². The topological polar surface area (TPSA) is 105 Å². The van der Waals surface area contributed by atoms with E-state index >= 15 is 0 Å². The minimum absolute atomic E-state index is 0.0844. The maximum absolute atomic E-state index is 12.2. The molecule has 8 nitrogen and oxygen atoms in total. The van der Waals surface area contributed by atoms with Crippen molar-refractivity contribution >= 4 is 39.1 Å². The molecule has 3 rings (SSSR count). The van der Waals surface area contributed by atoms with Gasteiger partial charge in [0.2, 0.25) is 0 Å². The first-order valence-electron chi connectivity index (χ1n) is 8.41. The Bertz CT molecular complexity index is 1020. The van der Waals surface area contributed by atoms with Gasteiger partial charge in [-0.05, 0) is 30.5 Å². The first-order chi connectivity index (χ1) is 13.3. The number of sulfonamides is 1. The fourth-order valence-corrected chi connectivity index (χ4v) is 4.56. The van der Waals surface area contributed by atoms with Crippen molar-refractivity contribution in [1.29, 1.82) is 0 Å². The van der Waals surface area contributed by atoms with E-state index < -0.39 is 28.6 Å². The number of benzene rings is 1. The van der Waals surface area contributed by atoms with Crippen LogP contribution in [-0.2, 0) is 30.9 Å². The van der Waals surface area contributed by atoms with Gasteiger partial charge in [-0.2, -0.15) is 0 Å². The van der Waals surface area contributed by atoms with E-state index in [0.29, 0.717) is 12.1 Å². The Labute approximate surface area is 166 Å². The van der Waals surface area contributed by atoms with E-state index in [-0.39, 0.29) is 16.6 Å². The molecule has 1 N–H and O–H groups in total. The number of nitrogens with one attached hydrogen (secondary N) is 1. The molecule has 1 unspecified atom stereocenters. The van der Waals surface area contributed by atoms with Crippen molar-refractivity contribution in [3.05, 3.63) is 52.2 Å². The highest BCUT2D eigenvalue weighted by atomic mass is 32.2. The van der Waals surface area contributed by atoms with E-state index in [1.807, 2.05) is 17.5 Å². The number of carbonyl (C=O) groups excluding carboxylic acids is 2. The predicted octanol–water partition coefficient (Wildman–Crippen LogP) is 1.38. The summed E-state index contributed by atoms with van der Waals surface area (Å²) >= 11 is 1.53. The minimum Gasteiger partial charge on any atom is -0.454 e. The Morgan fingerprint density at radius 1 is 1.25 bits per heavy atom. The van der Waals surface area contributed by atoms with Crippen molar-refractivity contribution in [3.8, 4) is 0 Å². The molecule has 0 spiro atoms. The molecule has 0 bridgehead atoms. The number of ether oxygens (including phenoxy) is 1. The molecule has 28 heavy (non-hydrogen) atoms. The van der Waals surface area contributed by atoms with Gasteiger partial charge in [0.05, 0.1) is 11.4 Å². The van der Waals surface area contributed by atoms with Gasteiger partial charge in [0.15, 0.2) is 6.61 Å². The van der Waals surface area contributed by atoms with Crippen LogP contribution in [0.4, 0.5) is 0 Å². The number of rotatable bonds is 6. The van der Waals surface area contributed by atoms with Gasteiger partial charge >= 0.3 is 5.97 Å². The fraction of sp³-hybridized carbons (Fsp3) is 0.278. The molecule has 1 aromatic carbocycles. The lowest BCUT2D eigenvalue weighted by atomic mass is 10.2. The Morgan fingerprint density at radius 3 is 2.71 bits per heavy atom. The molecule has 148 valence electrons. The van der Waals surface area contributed by atoms with Gasteiger partial charge < -0.3 is 9.64 Å². The normalized spacial score (nSPS) is 16.9. The number of esters is 1. The number of hydrogen-bond acceptors (Lipinski definition) is 7. The van der Waals surface area contributed by atoms with Gasteiger partial charge in [-0.15, -0.1) is 11.3 Å². The average molecular weight is 422 g/mol. The lowest BCUT2D eigenvalue weighted by molar-refractivity contribution is -0.152. The van der Waals surface area contributed by atoms with Gasteiger partial charge in [0.25, 0.3) is 15.9 Å². The Kier molecular flexibility index (Phi) is 5.80. The Morgan fingerprint density at radius 2 is 2.00 bits per heavy atom. The molecule has 1 atom stereocenters. The van der Waals surface area contributed by atoms with Crippen LogP contribution in [0.1, 0.15) is 17.4 Å². The molecule has 1 aliphatic heterocycles. The maximum atomic E-state index is 12.2. The minimum atomic E-state index is -3.68. The lowest BCUT2D eigenvalue weighted by Crippen LogP contribution is -2.32. The van der Waals surface area contributed by atoms with Crippen LogP contribution in [0.25, 0.3) is 0 Å². The molecular formula is C18H19N3O5S2. The second-order valence-corrected chi connectivity index (χ2v) is 8.88. The van der Waals surface area contributed by atoms with Gasteiger partial charge in [-0.3, -0.25) is 14.5 Å². The van der Waals surface area contributed by atoms with E-state index in [1.54, 1.807) is 25.2 Å². The van der Waals surface area contributed by atoms with Crippen molar-refractivity contribution in [1.82, 2.24) is 9.62 Å². The summed E-state index contributed by atoms with van der Waals surface area (Å²) in [6.45, 7) is 1.51. The van der Waals surface area contributed by atoms with E-state index in [4.69, 9.17) is 4.74 Å². The van der Waals surface area contributed by atoms with Crippen molar-refractivity contribution in [2.24, 2.45) is 4.99 Å². The summed E-state index contributed by atoms with van der Waals surface area (Å²) in [5.41, 5.74) is 0.397. The molecule has 0 fully saturated rings. The number of likely N-dealkylation sites (N-methyl/N-ethyl adjacent to an activating group) is 1. The Hall–Kier alpha value is -2.72. The number of amides is 1.